The van der Waals surface area contributed by atoms with Crippen LogP contribution in [0.15, 0.2) is 23.8 Å². The summed E-state index contributed by atoms with van der Waals surface area (Å²) in [7, 11) is 0. The molecular weight excluding hydrogens is 165 g/mol. The van der Waals surface area contributed by atoms with E-state index in [1.54, 1.807) is 6.92 Å². The van der Waals surface area contributed by atoms with Crippen molar-refractivity contribution >= 4 is 0 Å². The van der Waals surface area contributed by atoms with Gasteiger partial charge in [0.2, 0.25) is 0 Å². The number of rotatable bonds is 2. The van der Waals surface area contributed by atoms with Crippen molar-refractivity contribution in [3.63, 3.8) is 0 Å². The van der Waals surface area contributed by atoms with E-state index >= 15 is 0 Å². The molecule has 0 bridgehead atoms. The maximum atomic E-state index is 11.9. The summed E-state index contributed by atoms with van der Waals surface area (Å²) >= 11 is 0. The number of hydrogen-bond acceptors (Lipinski definition) is 0. The summed E-state index contributed by atoms with van der Waals surface area (Å²) in [6, 6.07) is 0. The van der Waals surface area contributed by atoms with Crippen LogP contribution in [0.25, 0.3) is 0 Å². The van der Waals surface area contributed by atoms with E-state index in [-0.39, 0.29) is 5.92 Å². The van der Waals surface area contributed by atoms with E-state index in [0.717, 1.165) is 6.08 Å². The first-order valence-corrected chi connectivity index (χ1v) is 3.69. The van der Waals surface area contributed by atoms with Crippen LogP contribution in [0.1, 0.15) is 20.8 Å². The Morgan fingerprint density at radius 1 is 1.33 bits per heavy atom. The van der Waals surface area contributed by atoms with Crippen molar-refractivity contribution in [3.8, 4) is 0 Å². The van der Waals surface area contributed by atoms with Gasteiger partial charge in [-0.2, -0.15) is 13.2 Å². The van der Waals surface area contributed by atoms with E-state index in [1.165, 1.54) is 0 Å². The zero-order valence-electron chi connectivity index (χ0n) is 7.50. The van der Waals surface area contributed by atoms with E-state index in [9.17, 15) is 13.2 Å². The average molecular weight is 178 g/mol. The van der Waals surface area contributed by atoms with Gasteiger partial charge in [-0.3, -0.25) is 0 Å². The van der Waals surface area contributed by atoms with Crippen molar-refractivity contribution in [1.29, 1.82) is 0 Å². The molecule has 0 aromatic rings. The molecule has 0 unspecified atom stereocenters. The summed E-state index contributed by atoms with van der Waals surface area (Å²) in [6.45, 7) is 8.30. The Hall–Kier alpha value is -0.730. The fourth-order valence-electron chi connectivity index (χ4n) is 0.523. The molecule has 0 rings (SSSR count). The minimum Gasteiger partial charge on any atom is -0.166 e. The average Bonchev–Trinajstić information content (AvgIpc) is 1.85. The Balaban J connectivity index is 4.46. The van der Waals surface area contributed by atoms with E-state index < -0.39 is 11.7 Å². The van der Waals surface area contributed by atoms with Crippen molar-refractivity contribution in [1.82, 2.24) is 0 Å². The number of alkyl halides is 3. The maximum Gasteiger partial charge on any atom is 0.415 e. The summed E-state index contributed by atoms with van der Waals surface area (Å²) < 4.78 is 35.8. The second-order valence-corrected chi connectivity index (χ2v) is 3.07. The van der Waals surface area contributed by atoms with Gasteiger partial charge >= 0.3 is 6.18 Å². The second kappa shape index (κ2) is 3.78. The molecule has 0 aromatic carbocycles. The van der Waals surface area contributed by atoms with Crippen LogP contribution in [0.5, 0.6) is 0 Å². The lowest BCUT2D eigenvalue weighted by atomic mass is 10.0. The Morgan fingerprint density at radius 2 is 1.75 bits per heavy atom. The Morgan fingerprint density at radius 3 is 2.00 bits per heavy atom. The number of halogens is 3. The molecule has 0 radical (unpaired) electrons. The third kappa shape index (κ3) is 3.60. The summed E-state index contributed by atoms with van der Waals surface area (Å²) in [6.07, 6.45) is -3.21. The number of hydrogen-bond donors (Lipinski definition) is 0. The summed E-state index contributed by atoms with van der Waals surface area (Å²) in [4.78, 5) is 0. The highest BCUT2D eigenvalue weighted by Gasteiger charge is 2.30. The standard InChI is InChI=1S/C9H13F3/c1-6(2)7(3)5-8(4)9(10,11)12/h5-6H,4H2,1-3H3/b7-5-. The Labute approximate surface area is 70.8 Å². The van der Waals surface area contributed by atoms with Crippen molar-refractivity contribution < 1.29 is 13.2 Å². The SMILES string of the molecule is C=C(/C=C(/C)C(C)C)C(F)(F)F. The summed E-state index contributed by atoms with van der Waals surface area (Å²) in [5, 5.41) is 0. The molecule has 0 heterocycles. The third-order valence-electron chi connectivity index (χ3n) is 1.68. The molecule has 0 saturated heterocycles. The molecule has 0 atom stereocenters. The quantitative estimate of drug-likeness (QED) is 0.565. The fraction of sp³-hybridized carbons (Fsp3) is 0.556. The fourth-order valence-corrected chi connectivity index (χ4v) is 0.523. The molecule has 3 heteroatoms. The first-order chi connectivity index (χ1) is 5.25. The van der Waals surface area contributed by atoms with Crippen molar-refractivity contribution in [2.24, 2.45) is 5.92 Å². The lowest BCUT2D eigenvalue weighted by Crippen LogP contribution is -2.09. The number of allylic oxidation sites excluding steroid dienone is 3. The summed E-state index contributed by atoms with van der Waals surface area (Å²) in [5.74, 6) is 0.129. The van der Waals surface area contributed by atoms with Gasteiger partial charge in [0.15, 0.2) is 0 Å². The lowest BCUT2D eigenvalue weighted by molar-refractivity contribution is -0.0879. The molecule has 0 saturated carbocycles. The topological polar surface area (TPSA) is 0 Å². The largest absolute Gasteiger partial charge is 0.415 e. The van der Waals surface area contributed by atoms with Gasteiger partial charge in [0, 0.05) is 5.57 Å². The van der Waals surface area contributed by atoms with E-state index in [1.807, 2.05) is 13.8 Å². The molecule has 70 valence electrons. The molecule has 0 amide bonds. The minimum atomic E-state index is -4.30. The molecule has 0 aromatic heterocycles. The Bertz CT molecular complexity index is 196. The van der Waals surface area contributed by atoms with Crippen molar-refractivity contribution in [3.05, 3.63) is 23.8 Å². The molecule has 0 spiro atoms. The molecular formula is C9H13F3. The van der Waals surface area contributed by atoms with E-state index in [2.05, 4.69) is 6.58 Å². The first kappa shape index (κ1) is 11.3. The minimum absolute atomic E-state index is 0.129. The molecule has 12 heavy (non-hydrogen) atoms. The smallest absolute Gasteiger partial charge is 0.166 e. The highest BCUT2D eigenvalue weighted by atomic mass is 19.4. The van der Waals surface area contributed by atoms with Crippen LogP contribution in [0, 0.1) is 5.92 Å². The van der Waals surface area contributed by atoms with Gasteiger partial charge in [0.05, 0.1) is 0 Å². The predicted octanol–water partition coefficient (Wildman–Crippen LogP) is 3.71. The Kier molecular flexibility index (Phi) is 3.55. The summed E-state index contributed by atoms with van der Waals surface area (Å²) in [5.41, 5.74) is -0.0916. The highest BCUT2D eigenvalue weighted by Crippen LogP contribution is 2.26. The van der Waals surface area contributed by atoms with Gasteiger partial charge in [-0.05, 0) is 12.8 Å². The molecule has 0 N–H and O–H groups in total. The molecule has 0 aliphatic carbocycles. The second-order valence-electron chi connectivity index (χ2n) is 3.07. The molecule has 0 fully saturated rings. The predicted molar refractivity (Wildman–Crippen MR) is 43.8 cm³/mol. The van der Waals surface area contributed by atoms with Crippen LogP contribution in [-0.2, 0) is 0 Å². The highest BCUT2D eigenvalue weighted by molar-refractivity contribution is 5.24. The zero-order valence-corrected chi connectivity index (χ0v) is 7.50. The van der Waals surface area contributed by atoms with Crippen LogP contribution < -0.4 is 0 Å². The van der Waals surface area contributed by atoms with Crippen molar-refractivity contribution in [2.45, 2.75) is 26.9 Å². The van der Waals surface area contributed by atoms with Gasteiger partial charge in [0.1, 0.15) is 0 Å². The zero-order chi connectivity index (χ0) is 9.94. The van der Waals surface area contributed by atoms with Gasteiger partial charge in [-0.15, -0.1) is 0 Å². The molecule has 0 nitrogen and oxygen atoms in total. The van der Waals surface area contributed by atoms with Crippen LogP contribution in [0.3, 0.4) is 0 Å². The van der Waals surface area contributed by atoms with Crippen LogP contribution in [-0.4, -0.2) is 6.18 Å². The van der Waals surface area contributed by atoms with Crippen molar-refractivity contribution in [2.75, 3.05) is 0 Å². The third-order valence-corrected chi connectivity index (χ3v) is 1.68. The monoisotopic (exact) mass is 178 g/mol. The van der Waals surface area contributed by atoms with E-state index in [0.29, 0.717) is 5.57 Å². The molecule has 0 aliphatic heterocycles. The van der Waals surface area contributed by atoms with Gasteiger partial charge < -0.3 is 0 Å². The molecule has 0 aliphatic rings. The lowest BCUT2D eigenvalue weighted by Gasteiger charge is -2.09. The van der Waals surface area contributed by atoms with E-state index in [4.69, 9.17) is 0 Å². The van der Waals surface area contributed by atoms with Crippen LogP contribution in [0.4, 0.5) is 13.2 Å². The normalized spacial score (nSPS) is 13.8. The van der Waals surface area contributed by atoms with Crippen LogP contribution >= 0.6 is 0 Å². The first-order valence-electron chi connectivity index (χ1n) is 3.69. The van der Waals surface area contributed by atoms with Gasteiger partial charge in [-0.25, -0.2) is 0 Å². The van der Waals surface area contributed by atoms with Gasteiger partial charge in [-0.1, -0.05) is 32.1 Å². The van der Waals surface area contributed by atoms with Crippen LogP contribution in [0.2, 0.25) is 0 Å². The maximum absolute atomic E-state index is 11.9. The van der Waals surface area contributed by atoms with Gasteiger partial charge in [0.25, 0.3) is 0 Å².